The van der Waals surface area contributed by atoms with Crippen molar-refractivity contribution in [3.8, 4) is 5.75 Å². The number of rotatable bonds is 5. The molecule has 1 atom stereocenters. The van der Waals surface area contributed by atoms with Crippen LogP contribution in [0, 0.1) is 0 Å². The Bertz CT molecular complexity index is 478. The molecule has 1 fully saturated rings. The van der Waals surface area contributed by atoms with E-state index < -0.39 is 0 Å². The number of ether oxygens (including phenoxy) is 1. The van der Waals surface area contributed by atoms with Crippen LogP contribution in [-0.2, 0) is 0 Å². The largest absolute Gasteiger partial charge is 0.495 e. The summed E-state index contributed by atoms with van der Waals surface area (Å²) in [6.07, 6.45) is 1.94. The van der Waals surface area contributed by atoms with E-state index in [1.54, 1.807) is 12.0 Å². The van der Waals surface area contributed by atoms with Crippen LogP contribution in [0.1, 0.15) is 19.8 Å². The van der Waals surface area contributed by atoms with Crippen LogP contribution in [0.3, 0.4) is 0 Å². The molecule has 116 valence electrons. The number of nitrogens with zero attached hydrogens (tertiary/aromatic N) is 2. The van der Waals surface area contributed by atoms with Crippen molar-refractivity contribution in [1.82, 2.24) is 10.2 Å². The van der Waals surface area contributed by atoms with Gasteiger partial charge in [0, 0.05) is 32.7 Å². The fraction of sp³-hybridized carbons (Fsp3) is 0.562. The first-order valence-corrected chi connectivity index (χ1v) is 7.55. The number of para-hydroxylation sites is 2. The topological polar surface area (TPSA) is 44.8 Å². The summed E-state index contributed by atoms with van der Waals surface area (Å²) < 4.78 is 5.41. The lowest BCUT2D eigenvalue weighted by Gasteiger charge is -2.23. The molecule has 0 spiro atoms. The SMILES string of the molecule is CCCN(C)C(=O)NC1CCN(c2ccccc2OC)C1. The highest BCUT2D eigenvalue weighted by Gasteiger charge is 2.26. The lowest BCUT2D eigenvalue weighted by Crippen LogP contribution is -2.44. The molecule has 1 aromatic carbocycles. The minimum Gasteiger partial charge on any atom is -0.495 e. The number of benzene rings is 1. The van der Waals surface area contributed by atoms with E-state index in [9.17, 15) is 4.79 Å². The fourth-order valence-corrected chi connectivity index (χ4v) is 2.71. The van der Waals surface area contributed by atoms with E-state index in [4.69, 9.17) is 4.74 Å². The van der Waals surface area contributed by atoms with E-state index in [-0.39, 0.29) is 12.1 Å². The van der Waals surface area contributed by atoms with E-state index in [1.165, 1.54) is 0 Å². The molecule has 5 heteroatoms. The van der Waals surface area contributed by atoms with E-state index in [2.05, 4.69) is 23.2 Å². The minimum atomic E-state index is 0.0173. The Morgan fingerprint density at radius 3 is 2.95 bits per heavy atom. The van der Waals surface area contributed by atoms with Crippen molar-refractivity contribution in [2.45, 2.75) is 25.8 Å². The van der Waals surface area contributed by atoms with Crippen LogP contribution in [0.25, 0.3) is 0 Å². The molecule has 0 bridgehead atoms. The molecule has 1 aromatic rings. The van der Waals surface area contributed by atoms with E-state index in [0.717, 1.165) is 43.9 Å². The van der Waals surface area contributed by atoms with Gasteiger partial charge in [0.25, 0.3) is 0 Å². The molecular formula is C16H25N3O2. The predicted octanol–water partition coefficient (Wildman–Crippen LogP) is 2.33. The monoisotopic (exact) mass is 291 g/mol. The van der Waals surface area contributed by atoms with Gasteiger partial charge in [-0.2, -0.15) is 0 Å². The van der Waals surface area contributed by atoms with Crippen LogP contribution in [0.5, 0.6) is 5.75 Å². The van der Waals surface area contributed by atoms with E-state index >= 15 is 0 Å². The Balaban J connectivity index is 1.93. The van der Waals surface area contributed by atoms with Gasteiger partial charge in [-0.1, -0.05) is 19.1 Å². The Morgan fingerprint density at radius 1 is 1.48 bits per heavy atom. The zero-order valence-electron chi connectivity index (χ0n) is 13.1. The number of methoxy groups -OCH3 is 1. The molecule has 1 saturated heterocycles. The highest BCUT2D eigenvalue weighted by molar-refractivity contribution is 5.74. The number of anilines is 1. The Hall–Kier alpha value is -1.91. The van der Waals surface area contributed by atoms with Crippen LogP contribution >= 0.6 is 0 Å². The van der Waals surface area contributed by atoms with Gasteiger partial charge in [0.15, 0.2) is 0 Å². The third-order valence-electron chi connectivity index (χ3n) is 3.85. The van der Waals surface area contributed by atoms with Crippen molar-refractivity contribution in [3.63, 3.8) is 0 Å². The molecule has 1 N–H and O–H groups in total. The summed E-state index contributed by atoms with van der Waals surface area (Å²) >= 11 is 0. The number of hydrogen-bond acceptors (Lipinski definition) is 3. The van der Waals surface area contributed by atoms with Crippen LogP contribution in [-0.4, -0.2) is 50.8 Å². The van der Waals surface area contributed by atoms with E-state index in [0.29, 0.717) is 0 Å². The lowest BCUT2D eigenvalue weighted by molar-refractivity contribution is 0.205. The second kappa shape index (κ2) is 7.20. The summed E-state index contributed by atoms with van der Waals surface area (Å²) in [4.78, 5) is 16.0. The molecule has 2 rings (SSSR count). The smallest absolute Gasteiger partial charge is 0.317 e. The van der Waals surface area contributed by atoms with Gasteiger partial charge in [-0.05, 0) is 25.0 Å². The Labute approximate surface area is 126 Å². The number of carbonyl (C=O) groups is 1. The zero-order chi connectivity index (χ0) is 15.2. The molecule has 2 amide bonds. The third kappa shape index (κ3) is 3.80. The summed E-state index contributed by atoms with van der Waals surface area (Å²) in [6.45, 7) is 4.62. The van der Waals surface area contributed by atoms with Crippen molar-refractivity contribution in [3.05, 3.63) is 24.3 Å². The standard InChI is InChI=1S/C16H25N3O2/c1-4-10-18(2)16(20)17-13-9-11-19(12-13)14-7-5-6-8-15(14)21-3/h5-8,13H,4,9-12H2,1-3H3,(H,17,20). The maximum absolute atomic E-state index is 12.0. The summed E-state index contributed by atoms with van der Waals surface area (Å²) in [5.41, 5.74) is 1.10. The van der Waals surface area contributed by atoms with Gasteiger partial charge in [0.1, 0.15) is 5.75 Å². The molecule has 0 aromatic heterocycles. The highest BCUT2D eigenvalue weighted by atomic mass is 16.5. The zero-order valence-corrected chi connectivity index (χ0v) is 13.1. The fourth-order valence-electron chi connectivity index (χ4n) is 2.71. The first kappa shape index (κ1) is 15.5. The quantitative estimate of drug-likeness (QED) is 0.905. The summed E-state index contributed by atoms with van der Waals surface area (Å²) in [5.74, 6) is 0.882. The molecule has 0 aliphatic carbocycles. The van der Waals surface area contributed by atoms with Crippen molar-refractivity contribution in [1.29, 1.82) is 0 Å². The second-order valence-corrected chi connectivity index (χ2v) is 5.47. The third-order valence-corrected chi connectivity index (χ3v) is 3.85. The number of nitrogens with one attached hydrogen (secondary N) is 1. The number of carbonyl (C=O) groups excluding carboxylic acids is 1. The van der Waals surface area contributed by atoms with Crippen LogP contribution in [0.4, 0.5) is 10.5 Å². The second-order valence-electron chi connectivity index (χ2n) is 5.47. The summed E-state index contributed by atoms with van der Waals surface area (Å²) in [6, 6.07) is 8.23. The molecule has 1 unspecified atom stereocenters. The molecule has 21 heavy (non-hydrogen) atoms. The molecule has 0 radical (unpaired) electrons. The molecule has 0 saturated carbocycles. The first-order valence-electron chi connectivity index (χ1n) is 7.55. The van der Waals surface area contributed by atoms with Crippen molar-refractivity contribution in [2.75, 3.05) is 38.7 Å². The normalized spacial score (nSPS) is 17.7. The van der Waals surface area contributed by atoms with Gasteiger partial charge in [-0.15, -0.1) is 0 Å². The van der Waals surface area contributed by atoms with Gasteiger partial charge in [0.05, 0.1) is 12.8 Å². The van der Waals surface area contributed by atoms with Crippen LogP contribution in [0.15, 0.2) is 24.3 Å². The first-order chi connectivity index (χ1) is 10.2. The van der Waals surface area contributed by atoms with Gasteiger partial charge >= 0.3 is 6.03 Å². The number of amides is 2. The lowest BCUT2D eigenvalue weighted by atomic mass is 10.2. The molecule has 5 nitrogen and oxygen atoms in total. The Kier molecular flexibility index (Phi) is 5.31. The minimum absolute atomic E-state index is 0.0173. The van der Waals surface area contributed by atoms with Crippen molar-refractivity contribution in [2.24, 2.45) is 0 Å². The molecule has 1 aliphatic rings. The Morgan fingerprint density at radius 2 is 2.24 bits per heavy atom. The van der Waals surface area contributed by atoms with Gasteiger partial charge < -0.3 is 19.9 Å². The highest BCUT2D eigenvalue weighted by Crippen LogP contribution is 2.30. The number of hydrogen-bond donors (Lipinski definition) is 1. The molecular weight excluding hydrogens is 266 g/mol. The maximum atomic E-state index is 12.0. The van der Waals surface area contributed by atoms with Crippen LogP contribution < -0.4 is 15.0 Å². The van der Waals surface area contributed by atoms with Crippen molar-refractivity contribution >= 4 is 11.7 Å². The summed E-state index contributed by atoms with van der Waals surface area (Å²) in [7, 11) is 3.53. The van der Waals surface area contributed by atoms with Crippen LogP contribution in [0.2, 0.25) is 0 Å². The van der Waals surface area contributed by atoms with Gasteiger partial charge in [0.2, 0.25) is 0 Å². The average molecular weight is 291 g/mol. The molecule has 1 aliphatic heterocycles. The average Bonchev–Trinajstić information content (AvgIpc) is 2.95. The van der Waals surface area contributed by atoms with E-state index in [1.807, 2.05) is 25.2 Å². The van der Waals surface area contributed by atoms with Crippen molar-refractivity contribution < 1.29 is 9.53 Å². The predicted molar refractivity (Wildman–Crippen MR) is 85.1 cm³/mol. The number of urea groups is 1. The maximum Gasteiger partial charge on any atom is 0.317 e. The van der Waals surface area contributed by atoms with Gasteiger partial charge in [-0.3, -0.25) is 0 Å². The molecule has 1 heterocycles. The van der Waals surface area contributed by atoms with Gasteiger partial charge in [-0.25, -0.2) is 4.79 Å². The summed E-state index contributed by atoms with van der Waals surface area (Å²) in [5, 5.41) is 3.11.